The fourth-order valence-electron chi connectivity index (χ4n) is 2.67. The molecule has 2 aromatic carbocycles. The Morgan fingerprint density at radius 2 is 1.72 bits per heavy atom. The van der Waals surface area contributed by atoms with Crippen molar-refractivity contribution in [1.29, 1.82) is 0 Å². The van der Waals surface area contributed by atoms with Crippen LogP contribution in [0.3, 0.4) is 0 Å². The highest BCUT2D eigenvalue weighted by Gasteiger charge is 2.30. The molecule has 0 bridgehead atoms. The first-order chi connectivity index (χ1) is 13.8. The molecule has 2 amide bonds. The Hall–Kier alpha value is -3.55. The van der Waals surface area contributed by atoms with Crippen LogP contribution >= 0.6 is 0 Å². The van der Waals surface area contributed by atoms with E-state index in [4.69, 9.17) is 4.74 Å². The number of nitrogens with one attached hydrogen (secondary N) is 2. The van der Waals surface area contributed by atoms with E-state index in [2.05, 4.69) is 15.6 Å². The summed E-state index contributed by atoms with van der Waals surface area (Å²) < 4.78 is 43.5. The van der Waals surface area contributed by atoms with Gasteiger partial charge in [0.15, 0.2) is 0 Å². The van der Waals surface area contributed by atoms with Crippen LogP contribution in [0.15, 0.2) is 60.7 Å². The molecule has 1 heterocycles. The number of ether oxygens (including phenoxy) is 1. The van der Waals surface area contributed by atoms with Crippen LogP contribution in [-0.2, 0) is 6.18 Å². The lowest BCUT2D eigenvalue weighted by Crippen LogP contribution is -2.20. The molecule has 5 nitrogen and oxygen atoms in total. The fourth-order valence-corrected chi connectivity index (χ4v) is 2.67. The van der Waals surface area contributed by atoms with Gasteiger partial charge in [0, 0.05) is 11.3 Å². The molecule has 8 heteroatoms. The molecule has 0 aliphatic carbocycles. The van der Waals surface area contributed by atoms with Crippen LogP contribution < -0.4 is 15.4 Å². The second-order valence-electron chi connectivity index (χ2n) is 6.22. The first-order valence-corrected chi connectivity index (χ1v) is 8.63. The third-order valence-corrected chi connectivity index (χ3v) is 4.17. The molecule has 0 aliphatic rings. The highest BCUT2D eigenvalue weighted by atomic mass is 19.4. The Kier molecular flexibility index (Phi) is 5.72. The number of nitrogens with zero attached hydrogens (tertiary/aromatic N) is 1. The summed E-state index contributed by atoms with van der Waals surface area (Å²) in [6.45, 7) is 1.73. The molecule has 3 aromatic rings. The number of aryl methyl sites for hydroxylation is 1. The molecule has 150 valence electrons. The van der Waals surface area contributed by atoms with Gasteiger partial charge in [0.05, 0.1) is 29.7 Å². The van der Waals surface area contributed by atoms with Crippen molar-refractivity contribution in [3.8, 4) is 17.0 Å². The molecular formula is C21H18F3N3O2. The standard InChI is InChI=1S/C21H18F3N3O2/c1-13-18(10-11-19(25-13)14-6-8-17(29-2)9-7-14)27-20(28)26-16-5-3-4-15(12-16)21(22,23)24/h3-12H,1-2H3,(H2,26,27,28). The van der Waals surface area contributed by atoms with Crippen molar-refractivity contribution in [2.45, 2.75) is 13.1 Å². The number of methoxy groups -OCH3 is 1. The number of anilines is 2. The minimum absolute atomic E-state index is 0.0396. The fraction of sp³-hybridized carbons (Fsp3) is 0.143. The lowest BCUT2D eigenvalue weighted by atomic mass is 10.1. The Labute approximate surface area is 165 Å². The zero-order valence-electron chi connectivity index (χ0n) is 15.7. The summed E-state index contributed by atoms with van der Waals surface area (Å²) in [5.41, 5.74) is 1.82. The first kappa shape index (κ1) is 20.2. The monoisotopic (exact) mass is 401 g/mol. The number of pyridine rings is 1. The third kappa shape index (κ3) is 5.04. The number of alkyl halides is 3. The van der Waals surface area contributed by atoms with Crippen LogP contribution in [0.5, 0.6) is 5.75 Å². The lowest BCUT2D eigenvalue weighted by Gasteiger charge is -2.12. The zero-order chi connectivity index (χ0) is 21.0. The maximum Gasteiger partial charge on any atom is 0.416 e. The van der Waals surface area contributed by atoms with Gasteiger partial charge in [-0.25, -0.2) is 4.79 Å². The van der Waals surface area contributed by atoms with Gasteiger partial charge < -0.3 is 15.4 Å². The smallest absolute Gasteiger partial charge is 0.416 e. The molecule has 0 saturated heterocycles. The Balaban J connectivity index is 1.71. The minimum atomic E-state index is -4.48. The number of aromatic nitrogens is 1. The molecule has 0 unspecified atom stereocenters. The third-order valence-electron chi connectivity index (χ3n) is 4.17. The summed E-state index contributed by atoms with van der Waals surface area (Å²) in [6, 6.07) is 14.6. The van der Waals surface area contributed by atoms with Crippen molar-refractivity contribution in [2.75, 3.05) is 17.7 Å². The molecule has 0 saturated carbocycles. The van der Waals surface area contributed by atoms with Crippen molar-refractivity contribution in [3.63, 3.8) is 0 Å². The largest absolute Gasteiger partial charge is 0.497 e. The van der Waals surface area contributed by atoms with E-state index >= 15 is 0 Å². The number of urea groups is 1. The Morgan fingerprint density at radius 3 is 2.34 bits per heavy atom. The van der Waals surface area contributed by atoms with E-state index < -0.39 is 17.8 Å². The van der Waals surface area contributed by atoms with Gasteiger partial charge >= 0.3 is 12.2 Å². The number of benzene rings is 2. The van der Waals surface area contributed by atoms with E-state index in [1.807, 2.05) is 24.3 Å². The van der Waals surface area contributed by atoms with E-state index in [0.29, 0.717) is 17.1 Å². The second-order valence-corrected chi connectivity index (χ2v) is 6.22. The number of carbonyl (C=O) groups excluding carboxylic acids is 1. The average molecular weight is 401 g/mol. The zero-order valence-corrected chi connectivity index (χ0v) is 15.7. The molecule has 0 spiro atoms. The molecular weight excluding hydrogens is 383 g/mol. The molecule has 3 rings (SSSR count). The predicted octanol–water partition coefficient (Wildman–Crippen LogP) is 5.73. The molecule has 0 atom stereocenters. The summed E-state index contributed by atoms with van der Waals surface area (Å²) >= 11 is 0. The number of hydrogen-bond acceptors (Lipinski definition) is 3. The van der Waals surface area contributed by atoms with Gasteiger partial charge in [-0.3, -0.25) is 4.98 Å². The van der Waals surface area contributed by atoms with Crippen molar-refractivity contribution in [1.82, 2.24) is 4.98 Å². The van der Waals surface area contributed by atoms with Gasteiger partial charge in [0.1, 0.15) is 5.75 Å². The number of hydrogen-bond donors (Lipinski definition) is 2. The molecule has 2 N–H and O–H groups in total. The molecule has 0 aliphatic heterocycles. The van der Waals surface area contributed by atoms with Crippen LogP contribution in [-0.4, -0.2) is 18.1 Å². The summed E-state index contributed by atoms with van der Waals surface area (Å²) in [5, 5.41) is 5.00. The van der Waals surface area contributed by atoms with E-state index in [-0.39, 0.29) is 5.69 Å². The maximum absolute atomic E-state index is 12.8. The molecule has 0 radical (unpaired) electrons. The summed E-state index contributed by atoms with van der Waals surface area (Å²) in [4.78, 5) is 16.6. The van der Waals surface area contributed by atoms with Crippen molar-refractivity contribution >= 4 is 17.4 Å². The van der Waals surface area contributed by atoms with E-state index in [1.54, 1.807) is 26.2 Å². The van der Waals surface area contributed by atoms with Crippen LogP contribution in [0.25, 0.3) is 11.3 Å². The van der Waals surface area contributed by atoms with Gasteiger partial charge in [0.25, 0.3) is 0 Å². The topological polar surface area (TPSA) is 63.2 Å². The number of halogens is 3. The average Bonchev–Trinajstić information content (AvgIpc) is 2.69. The minimum Gasteiger partial charge on any atom is -0.497 e. The highest BCUT2D eigenvalue weighted by molar-refractivity contribution is 6.00. The molecule has 1 aromatic heterocycles. The molecule has 29 heavy (non-hydrogen) atoms. The predicted molar refractivity (Wildman–Crippen MR) is 105 cm³/mol. The quantitative estimate of drug-likeness (QED) is 0.587. The van der Waals surface area contributed by atoms with Crippen LogP contribution in [0.4, 0.5) is 29.3 Å². The van der Waals surface area contributed by atoms with E-state index in [0.717, 1.165) is 23.4 Å². The lowest BCUT2D eigenvalue weighted by molar-refractivity contribution is -0.137. The highest BCUT2D eigenvalue weighted by Crippen LogP contribution is 2.30. The van der Waals surface area contributed by atoms with Crippen molar-refractivity contribution in [3.05, 3.63) is 71.9 Å². The number of rotatable bonds is 4. The number of carbonyl (C=O) groups is 1. The van der Waals surface area contributed by atoms with Crippen molar-refractivity contribution in [2.24, 2.45) is 0 Å². The van der Waals surface area contributed by atoms with Crippen LogP contribution in [0.2, 0.25) is 0 Å². The normalized spacial score (nSPS) is 11.1. The molecule has 0 fully saturated rings. The van der Waals surface area contributed by atoms with E-state index in [1.165, 1.54) is 12.1 Å². The van der Waals surface area contributed by atoms with Gasteiger partial charge in [-0.05, 0) is 61.5 Å². The van der Waals surface area contributed by atoms with Gasteiger partial charge in [-0.1, -0.05) is 6.07 Å². The summed E-state index contributed by atoms with van der Waals surface area (Å²) in [5.74, 6) is 0.732. The first-order valence-electron chi connectivity index (χ1n) is 8.63. The van der Waals surface area contributed by atoms with Crippen molar-refractivity contribution < 1.29 is 22.7 Å². The van der Waals surface area contributed by atoms with Crippen LogP contribution in [0, 0.1) is 6.92 Å². The SMILES string of the molecule is COc1ccc(-c2ccc(NC(=O)Nc3cccc(C(F)(F)F)c3)c(C)n2)cc1. The maximum atomic E-state index is 12.8. The second kappa shape index (κ2) is 8.22. The van der Waals surface area contributed by atoms with Gasteiger partial charge in [-0.15, -0.1) is 0 Å². The van der Waals surface area contributed by atoms with E-state index in [9.17, 15) is 18.0 Å². The summed E-state index contributed by atoms with van der Waals surface area (Å²) in [7, 11) is 1.59. The Bertz CT molecular complexity index is 1020. The summed E-state index contributed by atoms with van der Waals surface area (Å²) in [6.07, 6.45) is -4.48. The van der Waals surface area contributed by atoms with Gasteiger partial charge in [-0.2, -0.15) is 13.2 Å². The number of amides is 2. The van der Waals surface area contributed by atoms with Gasteiger partial charge in [0.2, 0.25) is 0 Å². The Morgan fingerprint density at radius 1 is 1.00 bits per heavy atom. The van der Waals surface area contributed by atoms with Crippen LogP contribution in [0.1, 0.15) is 11.3 Å².